The smallest absolute Gasteiger partial charge is 0.137 e. The molecule has 0 amide bonds. The Morgan fingerprint density at radius 2 is 1.81 bits per heavy atom. The molecule has 2 N–H and O–H groups in total. The molecule has 0 fully saturated rings. The highest BCUT2D eigenvalue weighted by atomic mass is 79.9. The third-order valence-electron chi connectivity index (χ3n) is 3.43. The van der Waals surface area contributed by atoms with Crippen LogP contribution in [0.5, 0.6) is 0 Å². The number of rotatable bonds is 5. The van der Waals surface area contributed by atoms with E-state index in [1.165, 1.54) is 18.2 Å². The lowest BCUT2D eigenvalue weighted by Gasteiger charge is -2.27. The van der Waals surface area contributed by atoms with Crippen LogP contribution >= 0.6 is 15.9 Å². The van der Waals surface area contributed by atoms with Crippen LogP contribution in [-0.2, 0) is 6.54 Å². The molecule has 1 unspecified atom stereocenters. The number of halogens is 3. The molecule has 0 heterocycles. The SMILES string of the molecule is CN(Cc1ccc(F)cc1)C(CN)c1ccc(F)c(Br)c1. The lowest BCUT2D eigenvalue weighted by Crippen LogP contribution is -2.30. The van der Waals surface area contributed by atoms with Crippen molar-refractivity contribution >= 4 is 15.9 Å². The van der Waals surface area contributed by atoms with Crippen LogP contribution < -0.4 is 5.73 Å². The summed E-state index contributed by atoms with van der Waals surface area (Å²) in [4.78, 5) is 2.06. The normalized spacial score (nSPS) is 12.7. The standard InChI is InChI=1S/C16H17BrF2N2/c1-21(10-11-2-5-13(18)6-3-11)16(9-20)12-4-7-15(19)14(17)8-12/h2-8,16H,9-10,20H2,1H3. The van der Waals surface area contributed by atoms with E-state index in [4.69, 9.17) is 5.73 Å². The molecule has 1 atom stereocenters. The van der Waals surface area contributed by atoms with Gasteiger partial charge >= 0.3 is 0 Å². The minimum atomic E-state index is -0.296. The molecule has 5 heteroatoms. The number of hydrogen-bond acceptors (Lipinski definition) is 2. The molecule has 0 aliphatic carbocycles. The third kappa shape index (κ3) is 4.09. The van der Waals surface area contributed by atoms with E-state index >= 15 is 0 Å². The Hall–Kier alpha value is -1.30. The van der Waals surface area contributed by atoms with Crippen LogP contribution in [-0.4, -0.2) is 18.5 Å². The minimum absolute atomic E-state index is 0.0352. The number of nitrogens with zero attached hydrogens (tertiary/aromatic N) is 1. The summed E-state index contributed by atoms with van der Waals surface area (Å²) in [6.45, 7) is 1.05. The van der Waals surface area contributed by atoms with Crippen molar-refractivity contribution < 1.29 is 8.78 Å². The van der Waals surface area contributed by atoms with E-state index in [1.54, 1.807) is 24.3 Å². The second-order valence-electron chi connectivity index (χ2n) is 4.97. The molecule has 112 valence electrons. The fraction of sp³-hybridized carbons (Fsp3) is 0.250. The summed E-state index contributed by atoms with van der Waals surface area (Å²) in [5, 5.41) is 0. The van der Waals surface area contributed by atoms with Crippen molar-refractivity contribution in [2.75, 3.05) is 13.6 Å². The summed E-state index contributed by atoms with van der Waals surface area (Å²) in [6, 6.07) is 11.2. The molecule has 2 aromatic carbocycles. The van der Waals surface area contributed by atoms with E-state index in [1.807, 2.05) is 7.05 Å². The van der Waals surface area contributed by atoms with Crippen molar-refractivity contribution in [1.82, 2.24) is 4.90 Å². The van der Waals surface area contributed by atoms with Gasteiger partial charge in [0.2, 0.25) is 0 Å². The van der Waals surface area contributed by atoms with Crippen molar-refractivity contribution in [3.05, 3.63) is 69.7 Å². The molecule has 0 spiro atoms. The van der Waals surface area contributed by atoms with Gasteiger partial charge in [-0.3, -0.25) is 4.90 Å². The Kier molecular flexibility index (Phi) is 5.45. The van der Waals surface area contributed by atoms with Crippen LogP contribution in [0.1, 0.15) is 17.2 Å². The Bertz CT molecular complexity index is 602. The predicted octanol–water partition coefficient (Wildman–Crippen LogP) is 3.86. The van der Waals surface area contributed by atoms with Gasteiger partial charge in [-0.2, -0.15) is 0 Å². The van der Waals surface area contributed by atoms with E-state index in [-0.39, 0.29) is 17.7 Å². The van der Waals surface area contributed by atoms with Gasteiger partial charge in [-0.15, -0.1) is 0 Å². The van der Waals surface area contributed by atoms with Crippen molar-refractivity contribution in [3.63, 3.8) is 0 Å². The summed E-state index contributed by atoms with van der Waals surface area (Å²) in [5.41, 5.74) is 7.80. The number of benzene rings is 2. The first-order valence-electron chi connectivity index (χ1n) is 6.61. The van der Waals surface area contributed by atoms with Crippen LogP contribution in [0.2, 0.25) is 0 Å². The summed E-state index contributed by atoms with van der Waals surface area (Å²) in [7, 11) is 1.94. The fourth-order valence-corrected chi connectivity index (χ4v) is 2.67. The van der Waals surface area contributed by atoms with Gasteiger partial charge in [-0.25, -0.2) is 8.78 Å². The van der Waals surface area contributed by atoms with Gasteiger partial charge in [0, 0.05) is 19.1 Å². The average molecular weight is 355 g/mol. The summed E-state index contributed by atoms with van der Waals surface area (Å²) >= 11 is 3.19. The van der Waals surface area contributed by atoms with Crippen LogP contribution in [0, 0.1) is 11.6 Å². The van der Waals surface area contributed by atoms with E-state index in [0.29, 0.717) is 17.6 Å². The zero-order chi connectivity index (χ0) is 15.4. The summed E-state index contributed by atoms with van der Waals surface area (Å²) in [6.07, 6.45) is 0. The maximum absolute atomic E-state index is 13.3. The highest BCUT2D eigenvalue weighted by Crippen LogP contribution is 2.25. The fourth-order valence-electron chi connectivity index (χ4n) is 2.28. The number of nitrogens with two attached hydrogens (primary N) is 1. The monoisotopic (exact) mass is 354 g/mol. The highest BCUT2D eigenvalue weighted by molar-refractivity contribution is 9.10. The van der Waals surface area contributed by atoms with Crippen LogP contribution in [0.15, 0.2) is 46.9 Å². The predicted molar refractivity (Wildman–Crippen MR) is 83.8 cm³/mol. The lowest BCUT2D eigenvalue weighted by molar-refractivity contribution is 0.241. The lowest BCUT2D eigenvalue weighted by atomic mass is 10.0. The number of likely N-dealkylation sites (N-methyl/N-ethyl adjacent to an activating group) is 1. The van der Waals surface area contributed by atoms with Crippen molar-refractivity contribution in [1.29, 1.82) is 0 Å². The largest absolute Gasteiger partial charge is 0.329 e. The molecule has 2 aromatic rings. The van der Waals surface area contributed by atoms with Gasteiger partial charge < -0.3 is 5.73 Å². The van der Waals surface area contributed by atoms with E-state index < -0.39 is 0 Å². The number of hydrogen-bond donors (Lipinski definition) is 1. The van der Waals surface area contributed by atoms with Crippen LogP contribution in [0.25, 0.3) is 0 Å². The van der Waals surface area contributed by atoms with Crippen molar-refractivity contribution in [2.45, 2.75) is 12.6 Å². The molecular formula is C16H17BrF2N2. The molecule has 2 nitrogen and oxygen atoms in total. The highest BCUT2D eigenvalue weighted by Gasteiger charge is 2.17. The molecule has 0 bridgehead atoms. The maximum Gasteiger partial charge on any atom is 0.137 e. The zero-order valence-electron chi connectivity index (χ0n) is 11.7. The Morgan fingerprint density at radius 3 is 2.38 bits per heavy atom. The molecule has 0 aliphatic heterocycles. The van der Waals surface area contributed by atoms with Crippen LogP contribution in [0.4, 0.5) is 8.78 Å². The minimum Gasteiger partial charge on any atom is -0.329 e. The Morgan fingerprint density at radius 1 is 1.14 bits per heavy atom. The Balaban J connectivity index is 2.15. The quantitative estimate of drug-likeness (QED) is 0.883. The average Bonchev–Trinajstić information content (AvgIpc) is 2.46. The molecular weight excluding hydrogens is 338 g/mol. The maximum atomic E-state index is 13.3. The zero-order valence-corrected chi connectivity index (χ0v) is 13.3. The van der Waals surface area contributed by atoms with Gasteiger partial charge in [-0.05, 0) is 58.4 Å². The molecule has 2 rings (SSSR count). The first-order chi connectivity index (χ1) is 10.0. The van der Waals surface area contributed by atoms with E-state index in [9.17, 15) is 8.78 Å². The van der Waals surface area contributed by atoms with Gasteiger partial charge in [-0.1, -0.05) is 18.2 Å². The summed E-state index contributed by atoms with van der Waals surface area (Å²) in [5.74, 6) is -0.546. The second-order valence-corrected chi connectivity index (χ2v) is 5.82. The van der Waals surface area contributed by atoms with E-state index in [2.05, 4.69) is 20.8 Å². The molecule has 0 aliphatic rings. The molecule has 0 aromatic heterocycles. The van der Waals surface area contributed by atoms with Gasteiger partial charge in [0.25, 0.3) is 0 Å². The second kappa shape index (κ2) is 7.11. The molecule has 21 heavy (non-hydrogen) atoms. The first-order valence-corrected chi connectivity index (χ1v) is 7.40. The topological polar surface area (TPSA) is 29.3 Å². The van der Waals surface area contributed by atoms with Gasteiger partial charge in [0.1, 0.15) is 11.6 Å². The molecule has 0 saturated heterocycles. The molecule has 0 radical (unpaired) electrons. The van der Waals surface area contributed by atoms with E-state index in [0.717, 1.165) is 11.1 Å². The van der Waals surface area contributed by atoms with Gasteiger partial charge in [0.15, 0.2) is 0 Å². The van der Waals surface area contributed by atoms with Gasteiger partial charge in [0.05, 0.1) is 4.47 Å². The third-order valence-corrected chi connectivity index (χ3v) is 4.04. The molecule has 0 saturated carbocycles. The first kappa shape index (κ1) is 16.1. The Labute approximate surface area is 131 Å². The summed E-state index contributed by atoms with van der Waals surface area (Å²) < 4.78 is 26.7. The van der Waals surface area contributed by atoms with Crippen LogP contribution in [0.3, 0.4) is 0 Å². The van der Waals surface area contributed by atoms with Crippen molar-refractivity contribution in [3.8, 4) is 0 Å². The van der Waals surface area contributed by atoms with Crippen molar-refractivity contribution in [2.24, 2.45) is 5.73 Å².